The van der Waals surface area contributed by atoms with Crippen LogP contribution in [0.4, 0.5) is 0 Å². The molecule has 0 bridgehead atoms. The Morgan fingerprint density at radius 1 is 1.18 bits per heavy atom. The van der Waals surface area contributed by atoms with Crippen molar-refractivity contribution in [1.82, 2.24) is 15.5 Å². The van der Waals surface area contributed by atoms with E-state index < -0.39 is 0 Å². The Labute approximate surface area is 148 Å². The largest absolute Gasteiger partial charge is 0.356 e. The van der Waals surface area contributed by atoms with Crippen molar-refractivity contribution in [2.45, 2.75) is 32.4 Å². The zero-order chi connectivity index (χ0) is 14.5. The number of carbonyl (C=O) groups excluding carboxylic acids is 1. The van der Waals surface area contributed by atoms with Crippen LogP contribution >= 0.6 is 24.0 Å². The Hall–Kier alpha value is -1.31. The molecular weight excluding hydrogens is 391 g/mol. The summed E-state index contributed by atoms with van der Waals surface area (Å²) in [6.07, 6.45) is 2.81. The Kier molecular flexibility index (Phi) is 6.48. The average Bonchev–Trinajstić information content (AvgIpc) is 2.93. The molecule has 5 nitrogen and oxygen atoms in total. The van der Waals surface area contributed by atoms with Crippen LogP contribution in [0, 0.1) is 0 Å². The average molecular weight is 414 g/mol. The van der Waals surface area contributed by atoms with Crippen molar-refractivity contribution in [2.75, 3.05) is 19.6 Å². The summed E-state index contributed by atoms with van der Waals surface area (Å²) in [4.78, 5) is 17.9. The molecule has 2 N–H and O–H groups in total. The molecule has 6 heteroatoms. The molecule has 120 valence electrons. The van der Waals surface area contributed by atoms with Crippen molar-refractivity contribution in [2.24, 2.45) is 4.99 Å². The first-order valence-electron chi connectivity index (χ1n) is 7.69. The summed E-state index contributed by atoms with van der Waals surface area (Å²) in [6, 6.07) is 8.45. The van der Waals surface area contributed by atoms with Gasteiger partial charge in [-0.1, -0.05) is 24.3 Å². The molecule has 0 aliphatic carbocycles. The topological polar surface area (TPSA) is 56.7 Å². The van der Waals surface area contributed by atoms with E-state index in [0.29, 0.717) is 6.42 Å². The number of benzene rings is 1. The first-order valence-corrected chi connectivity index (χ1v) is 7.69. The smallest absolute Gasteiger partial charge is 0.222 e. The van der Waals surface area contributed by atoms with Gasteiger partial charge in [0.2, 0.25) is 5.91 Å². The normalized spacial score (nSPS) is 17.5. The third kappa shape index (κ3) is 4.59. The molecule has 2 heterocycles. The van der Waals surface area contributed by atoms with Gasteiger partial charge in [0, 0.05) is 39.1 Å². The quantitative estimate of drug-likeness (QED) is 0.740. The van der Waals surface area contributed by atoms with Crippen molar-refractivity contribution in [1.29, 1.82) is 0 Å². The lowest BCUT2D eigenvalue weighted by Crippen LogP contribution is -2.40. The second-order valence-corrected chi connectivity index (χ2v) is 5.60. The van der Waals surface area contributed by atoms with Gasteiger partial charge in [0.05, 0.1) is 0 Å². The number of guanidine groups is 1. The Balaban J connectivity index is 0.00000176. The number of nitrogens with zero attached hydrogens (tertiary/aromatic N) is 2. The standard InChI is InChI=1S/C16H22N4O.HI/c21-15-3-1-10-20(15)12-14-6-4-13(5-7-14)11-19-16-17-8-2-9-18-16;/h4-7H,1-3,8-12H2,(H2,17,18,19);1H. The van der Waals surface area contributed by atoms with Crippen LogP contribution in [0.15, 0.2) is 29.3 Å². The fraction of sp³-hybridized carbons (Fsp3) is 0.500. The third-order valence-corrected chi connectivity index (χ3v) is 3.92. The molecular formula is C16H23IN4O. The molecule has 1 fully saturated rings. The maximum absolute atomic E-state index is 11.6. The number of hydrogen-bond acceptors (Lipinski definition) is 4. The van der Waals surface area contributed by atoms with Gasteiger partial charge in [-0.05, 0) is 24.0 Å². The SMILES string of the molecule is I.O=C1CCCN1Cc1ccc(CNC2=NCCCN2)cc1. The molecule has 3 rings (SSSR count). The van der Waals surface area contributed by atoms with Crippen molar-refractivity contribution in [3.05, 3.63) is 35.4 Å². The van der Waals surface area contributed by atoms with Gasteiger partial charge in [-0.3, -0.25) is 9.79 Å². The molecule has 1 aromatic carbocycles. The highest BCUT2D eigenvalue weighted by Gasteiger charge is 2.19. The van der Waals surface area contributed by atoms with E-state index in [2.05, 4.69) is 39.9 Å². The van der Waals surface area contributed by atoms with Crippen molar-refractivity contribution in [3.8, 4) is 0 Å². The van der Waals surface area contributed by atoms with Crippen LogP contribution in [0.2, 0.25) is 0 Å². The molecule has 0 atom stereocenters. The lowest BCUT2D eigenvalue weighted by molar-refractivity contribution is -0.128. The molecule has 0 aromatic heterocycles. The van der Waals surface area contributed by atoms with Crippen LogP contribution in [0.5, 0.6) is 0 Å². The molecule has 0 unspecified atom stereocenters. The van der Waals surface area contributed by atoms with Gasteiger partial charge in [-0.15, -0.1) is 24.0 Å². The highest BCUT2D eigenvalue weighted by molar-refractivity contribution is 14.0. The summed E-state index contributed by atoms with van der Waals surface area (Å²) < 4.78 is 0. The predicted octanol–water partition coefficient (Wildman–Crippen LogP) is 1.87. The molecule has 2 aliphatic heterocycles. The highest BCUT2D eigenvalue weighted by atomic mass is 127. The summed E-state index contributed by atoms with van der Waals surface area (Å²) >= 11 is 0. The van der Waals surface area contributed by atoms with E-state index >= 15 is 0 Å². The third-order valence-electron chi connectivity index (χ3n) is 3.92. The fourth-order valence-electron chi connectivity index (χ4n) is 2.69. The number of halogens is 1. The number of aliphatic imine (C=N–C) groups is 1. The van der Waals surface area contributed by atoms with Gasteiger partial charge in [-0.2, -0.15) is 0 Å². The zero-order valence-corrected chi connectivity index (χ0v) is 15.0. The van der Waals surface area contributed by atoms with Gasteiger partial charge >= 0.3 is 0 Å². The maximum atomic E-state index is 11.6. The minimum absolute atomic E-state index is 0. The van der Waals surface area contributed by atoms with Crippen LogP contribution in [-0.4, -0.2) is 36.4 Å². The minimum atomic E-state index is 0. The van der Waals surface area contributed by atoms with Crippen LogP contribution in [0.3, 0.4) is 0 Å². The van der Waals surface area contributed by atoms with Crippen LogP contribution in [0.1, 0.15) is 30.4 Å². The second kappa shape index (κ2) is 8.36. The first-order chi connectivity index (χ1) is 10.3. The van der Waals surface area contributed by atoms with Gasteiger partial charge < -0.3 is 15.5 Å². The second-order valence-electron chi connectivity index (χ2n) is 5.60. The van der Waals surface area contributed by atoms with Crippen LogP contribution < -0.4 is 10.6 Å². The number of nitrogens with one attached hydrogen (secondary N) is 2. The molecule has 1 saturated heterocycles. The number of amides is 1. The van der Waals surface area contributed by atoms with Gasteiger partial charge in [0.1, 0.15) is 0 Å². The fourth-order valence-corrected chi connectivity index (χ4v) is 2.69. The predicted molar refractivity (Wildman–Crippen MR) is 98.3 cm³/mol. The zero-order valence-electron chi connectivity index (χ0n) is 12.7. The van der Waals surface area contributed by atoms with E-state index in [1.807, 2.05) is 4.90 Å². The molecule has 22 heavy (non-hydrogen) atoms. The number of carbonyl (C=O) groups is 1. The van der Waals surface area contributed by atoms with Gasteiger partial charge in [0.25, 0.3) is 0 Å². The van der Waals surface area contributed by atoms with Crippen LogP contribution in [-0.2, 0) is 17.9 Å². The summed E-state index contributed by atoms with van der Waals surface area (Å²) in [5.74, 6) is 1.18. The molecule has 2 aliphatic rings. The Bertz CT molecular complexity index is 529. The monoisotopic (exact) mass is 414 g/mol. The maximum Gasteiger partial charge on any atom is 0.222 e. The number of hydrogen-bond donors (Lipinski definition) is 2. The summed E-state index contributed by atoms with van der Waals surface area (Å²) in [7, 11) is 0. The van der Waals surface area contributed by atoms with Gasteiger partial charge in [0.15, 0.2) is 5.96 Å². The highest BCUT2D eigenvalue weighted by Crippen LogP contribution is 2.14. The lowest BCUT2D eigenvalue weighted by atomic mass is 10.1. The number of rotatable bonds is 4. The molecule has 0 saturated carbocycles. The van der Waals surface area contributed by atoms with Crippen molar-refractivity contribution < 1.29 is 4.79 Å². The van der Waals surface area contributed by atoms with Crippen molar-refractivity contribution >= 4 is 35.8 Å². The van der Waals surface area contributed by atoms with Gasteiger partial charge in [-0.25, -0.2) is 0 Å². The van der Waals surface area contributed by atoms with E-state index in [4.69, 9.17) is 0 Å². The van der Waals surface area contributed by atoms with E-state index in [1.165, 1.54) is 11.1 Å². The summed E-state index contributed by atoms with van der Waals surface area (Å²) in [5, 5.41) is 6.56. The Morgan fingerprint density at radius 2 is 1.95 bits per heavy atom. The molecule has 1 amide bonds. The molecule has 0 radical (unpaired) electrons. The first kappa shape index (κ1) is 17.1. The molecule has 0 spiro atoms. The van der Waals surface area contributed by atoms with Crippen molar-refractivity contribution in [3.63, 3.8) is 0 Å². The molecule has 1 aromatic rings. The van der Waals surface area contributed by atoms with E-state index in [1.54, 1.807) is 0 Å². The van der Waals surface area contributed by atoms with E-state index in [9.17, 15) is 4.79 Å². The van der Waals surface area contributed by atoms with E-state index in [-0.39, 0.29) is 29.9 Å². The van der Waals surface area contributed by atoms with E-state index in [0.717, 1.165) is 51.5 Å². The summed E-state index contributed by atoms with van der Waals surface area (Å²) in [5.41, 5.74) is 2.42. The summed E-state index contributed by atoms with van der Waals surface area (Å²) in [6.45, 7) is 4.30. The minimum Gasteiger partial charge on any atom is -0.356 e. The number of likely N-dealkylation sites (tertiary alicyclic amines) is 1. The van der Waals surface area contributed by atoms with Crippen LogP contribution in [0.25, 0.3) is 0 Å². The Morgan fingerprint density at radius 3 is 2.59 bits per heavy atom. The lowest BCUT2D eigenvalue weighted by Gasteiger charge is -2.17.